The normalized spacial score (nSPS) is 12.5. The quantitative estimate of drug-likeness (QED) is 0.728. The van der Waals surface area contributed by atoms with Gasteiger partial charge in [0, 0.05) is 28.3 Å². The molecule has 0 radical (unpaired) electrons. The Bertz CT molecular complexity index is 814. The Morgan fingerprint density at radius 1 is 0.909 bits per heavy atom. The maximum absolute atomic E-state index is 12.3. The van der Waals surface area contributed by atoms with E-state index in [4.69, 9.17) is 14.2 Å². The molecule has 0 atom stereocenters. The zero-order valence-electron chi connectivity index (χ0n) is 12.3. The van der Waals surface area contributed by atoms with Crippen LogP contribution in [0.15, 0.2) is 41.2 Å². The van der Waals surface area contributed by atoms with Crippen LogP contribution in [0, 0.1) is 0 Å². The molecule has 3 aromatic carbocycles. The molecule has 0 bridgehead atoms. The van der Waals surface area contributed by atoms with E-state index in [2.05, 4.69) is 0 Å². The summed E-state index contributed by atoms with van der Waals surface area (Å²) in [5.41, 5.74) is 4.33. The number of benzene rings is 2. The molecule has 0 saturated carbocycles. The molecule has 0 unspecified atom stereocenters. The van der Waals surface area contributed by atoms with Crippen molar-refractivity contribution in [1.29, 1.82) is 0 Å². The van der Waals surface area contributed by atoms with Gasteiger partial charge in [0.25, 0.3) is 0 Å². The Morgan fingerprint density at radius 3 is 2.27 bits per heavy atom. The van der Waals surface area contributed by atoms with E-state index in [0.717, 1.165) is 33.6 Å². The number of methoxy groups -OCH3 is 2. The third-order valence-electron chi connectivity index (χ3n) is 4.06. The van der Waals surface area contributed by atoms with Crippen molar-refractivity contribution in [3.05, 3.63) is 52.2 Å². The maximum atomic E-state index is 12.3. The van der Waals surface area contributed by atoms with Crippen molar-refractivity contribution in [1.82, 2.24) is 0 Å². The minimum absolute atomic E-state index is 0.0864. The Balaban J connectivity index is 1.89. The SMILES string of the molecule is COc1ccc2c(c1)COc1cc(OC)ccc1-c1c-2c1=O. The third kappa shape index (κ3) is 1.80. The number of hydrogen-bond donors (Lipinski definition) is 0. The molecule has 4 rings (SSSR count). The van der Waals surface area contributed by atoms with E-state index in [1.165, 1.54) is 0 Å². The largest absolute Gasteiger partial charge is 0.497 e. The zero-order valence-corrected chi connectivity index (χ0v) is 12.3. The summed E-state index contributed by atoms with van der Waals surface area (Å²) < 4.78 is 16.4. The van der Waals surface area contributed by atoms with Crippen LogP contribution in [-0.2, 0) is 6.61 Å². The van der Waals surface area contributed by atoms with Crippen LogP contribution in [0.2, 0.25) is 0 Å². The van der Waals surface area contributed by atoms with Gasteiger partial charge in [0.15, 0.2) is 5.43 Å². The highest BCUT2D eigenvalue weighted by Crippen LogP contribution is 2.44. The molecule has 110 valence electrons. The smallest absolute Gasteiger partial charge is 0.195 e. The Kier molecular flexibility index (Phi) is 2.73. The standard InChI is InChI=1S/C18H14O4/c1-20-11-3-5-13-10(7-11)9-22-15-8-12(21-2)4-6-14(15)17-16(13)18(17)19/h3-8H,9H2,1-2H3. The lowest BCUT2D eigenvalue weighted by molar-refractivity contribution is 0.304. The summed E-state index contributed by atoms with van der Waals surface area (Å²) in [6.45, 7) is 0.386. The average molecular weight is 294 g/mol. The van der Waals surface area contributed by atoms with Crippen molar-refractivity contribution in [2.45, 2.75) is 6.61 Å². The predicted molar refractivity (Wildman–Crippen MR) is 83.4 cm³/mol. The van der Waals surface area contributed by atoms with Gasteiger partial charge in [0.2, 0.25) is 0 Å². The molecule has 0 fully saturated rings. The summed E-state index contributed by atoms with van der Waals surface area (Å²) in [6.07, 6.45) is 0. The summed E-state index contributed by atoms with van der Waals surface area (Å²) in [4.78, 5) is 12.3. The highest BCUT2D eigenvalue weighted by Gasteiger charge is 2.31. The minimum Gasteiger partial charge on any atom is -0.497 e. The molecular weight excluding hydrogens is 280 g/mol. The van der Waals surface area contributed by atoms with Gasteiger partial charge in [0.05, 0.1) is 14.2 Å². The first-order chi connectivity index (χ1) is 10.7. The molecule has 1 heterocycles. The molecule has 22 heavy (non-hydrogen) atoms. The number of rotatable bonds is 2. The fourth-order valence-electron chi connectivity index (χ4n) is 2.86. The van der Waals surface area contributed by atoms with Crippen LogP contribution < -0.4 is 19.6 Å². The van der Waals surface area contributed by atoms with Gasteiger partial charge in [-0.15, -0.1) is 0 Å². The highest BCUT2D eigenvalue weighted by molar-refractivity contribution is 5.97. The Hall–Kier alpha value is -2.75. The van der Waals surface area contributed by atoms with E-state index in [9.17, 15) is 4.79 Å². The molecule has 0 amide bonds. The van der Waals surface area contributed by atoms with Crippen LogP contribution in [0.4, 0.5) is 0 Å². The summed E-state index contributed by atoms with van der Waals surface area (Å²) in [6, 6.07) is 11.2. The van der Waals surface area contributed by atoms with Crippen LogP contribution in [0.25, 0.3) is 22.3 Å². The molecule has 3 aromatic rings. The lowest BCUT2D eigenvalue weighted by Crippen LogP contribution is -2.01. The van der Waals surface area contributed by atoms with Crippen molar-refractivity contribution in [2.24, 2.45) is 0 Å². The summed E-state index contributed by atoms with van der Waals surface area (Å²) in [5.74, 6) is 2.13. The highest BCUT2D eigenvalue weighted by atomic mass is 16.5. The lowest BCUT2D eigenvalue weighted by atomic mass is 10.0. The van der Waals surface area contributed by atoms with Crippen LogP contribution >= 0.6 is 0 Å². The molecule has 1 aliphatic rings. The van der Waals surface area contributed by atoms with Crippen molar-refractivity contribution in [2.75, 3.05) is 14.2 Å². The predicted octanol–water partition coefficient (Wildman–Crippen LogP) is 3.17. The summed E-state index contributed by atoms with van der Waals surface area (Å²) in [5, 5.41) is 0. The molecule has 0 aromatic heterocycles. The molecule has 1 aliphatic heterocycles. The molecule has 4 heteroatoms. The topological polar surface area (TPSA) is 44.8 Å². The lowest BCUT2D eigenvalue weighted by Gasteiger charge is -2.16. The third-order valence-corrected chi connectivity index (χ3v) is 4.06. The van der Waals surface area contributed by atoms with E-state index in [0.29, 0.717) is 18.1 Å². The van der Waals surface area contributed by atoms with Crippen LogP contribution in [0.5, 0.6) is 17.2 Å². The first-order valence-corrected chi connectivity index (χ1v) is 7.00. The van der Waals surface area contributed by atoms with Crippen molar-refractivity contribution in [3.63, 3.8) is 0 Å². The van der Waals surface area contributed by atoms with Gasteiger partial charge in [0.1, 0.15) is 23.9 Å². The molecular formula is C18H14O4. The molecule has 4 nitrogen and oxygen atoms in total. The fraction of sp³-hybridized carbons (Fsp3) is 0.167. The van der Waals surface area contributed by atoms with E-state index >= 15 is 0 Å². The second-order valence-corrected chi connectivity index (χ2v) is 5.25. The van der Waals surface area contributed by atoms with Gasteiger partial charge >= 0.3 is 0 Å². The van der Waals surface area contributed by atoms with E-state index < -0.39 is 0 Å². The van der Waals surface area contributed by atoms with Crippen LogP contribution in [-0.4, -0.2) is 14.2 Å². The molecule has 0 spiro atoms. The number of fused-ring (bicyclic) bond motifs is 5. The van der Waals surface area contributed by atoms with Gasteiger partial charge in [-0.2, -0.15) is 0 Å². The molecule has 0 N–H and O–H groups in total. The van der Waals surface area contributed by atoms with Gasteiger partial charge in [-0.05, 0) is 29.8 Å². The fourth-order valence-corrected chi connectivity index (χ4v) is 2.86. The second kappa shape index (κ2) is 4.63. The van der Waals surface area contributed by atoms with Gasteiger partial charge in [-0.3, -0.25) is 4.79 Å². The number of hydrogen-bond acceptors (Lipinski definition) is 4. The van der Waals surface area contributed by atoms with Crippen LogP contribution in [0.3, 0.4) is 0 Å². The summed E-state index contributed by atoms with van der Waals surface area (Å²) in [7, 11) is 3.23. The van der Waals surface area contributed by atoms with Crippen LogP contribution in [0.1, 0.15) is 5.56 Å². The molecule has 0 aliphatic carbocycles. The van der Waals surface area contributed by atoms with E-state index in [1.54, 1.807) is 14.2 Å². The second-order valence-electron chi connectivity index (χ2n) is 5.25. The monoisotopic (exact) mass is 294 g/mol. The van der Waals surface area contributed by atoms with Gasteiger partial charge in [-0.1, -0.05) is 6.07 Å². The van der Waals surface area contributed by atoms with Gasteiger partial charge in [-0.25, -0.2) is 0 Å². The minimum atomic E-state index is 0.0864. The van der Waals surface area contributed by atoms with Crippen molar-refractivity contribution in [3.8, 4) is 39.5 Å². The Labute approximate surface area is 127 Å². The Morgan fingerprint density at radius 2 is 1.55 bits per heavy atom. The zero-order chi connectivity index (χ0) is 15.3. The first-order valence-electron chi connectivity index (χ1n) is 7.00. The van der Waals surface area contributed by atoms with Crippen molar-refractivity contribution >= 4 is 0 Å². The van der Waals surface area contributed by atoms with E-state index in [1.807, 2.05) is 36.4 Å². The first kappa shape index (κ1) is 13.0. The number of ether oxygens (including phenoxy) is 3. The summed E-state index contributed by atoms with van der Waals surface area (Å²) >= 11 is 0. The molecule has 0 saturated heterocycles. The maximum Gasteiger partial charge on any atom is 0.195 e. The van der Waals surface area contributed by atoms with Crippen molar-refractivity contribution < 1.29 is 14.2 Å². The average Bonchev–Trinajstić information content (AvgIpc) is 3.20. The van der Waals surface area contributed by atoms with E-state index in [-0.39, 0.29) is 5.43 Å². The van der Waals surface area contributed by atoms with Gasteiger partial charge < -0.3 is 14.2 Å².